The number of nitrogens with one attached hydrogen (secondary N) is 2. The molecule has 0 aliphatic rings. The first kappa shape index (κ1) is 26.9. The number of carbonyl (C=O) groups is 1. The highest BCUT2D eigenvalue weighted by molar-refractivity contribution is 6.03. The van der Waals surface area contributed by atoms with Gasteiger partial charge in [0.1, 0.15) is 17.0 Å². The molecule has 4 aromatic rings. The Kier molecular flexibility index (Phi) is 7.86. The van der Waals surface area contributed by atoms with Crippen molar-refractivity contribution in [3.05, 3.63) is 71.8 Å². The summed E-state index contributed by atoms with van der Waals surface area (Å²) in [6.45, 7) is 12.1. The van der Waals surface area contributed by atoms with Crippen LogP contribution in [0.4, 0.5) is 0 Å². The number of benzene rings is 3. The van der Waals surface area contributed by atoms with E-state index >= 15 is 0 Å². The molecule has 38 heavy (non-hydrogen) atoms. The molecule has 198 valence electrons. The third-order valence-corrected chi connectivity index (χ3v) is 7.16. The van der Waals surface area contributed by atoms with Gasteiger partial charge in [-0.05, 0) is 54.2 Å². The number of amides is 1. The largest absolute Gasteiger partial charge is 0.507 e. The van der Waals surface area contributed by atoms with Crippen molar-refractivity contribution < 1.29 is 15.0 Å². The van der Waals surface area contributed by atoms with Gasteiger partial charge in [-0.15, -0.1) is 5.10 Å². The van der Waals surface area contributed by atoms with Gasteiger partial charge in [0.15, 0.2) is 0 Å². The van der Waals surface area contributed by atoms with Crippen LogP contribution < -0.4 is 5.32 Å². The van der Waals surface area contributed by atoms with Crippen LogP contribution in [0.1, 0.15) is 64.5 Å². The first-order valence-electron chi connectivity index (χ1n) is 13.1. The zero-order valence-electron chi connectivity index (χ0n) is 22.6. The van der Waals surface area contributed by atoms with Crippen molar-refractivity contribution in [2.45, 2.75) is 65.3 Å². The molecule has 0 atom stereocenters. The van der Waals surface area contributed by atoms with Gasteiger partial charge in [0.25, 0.3) is 0 Å². The van der Waals surface area contributed by atoms with Crippen molar-refractivity contribution in [3.8, 4) is 33.8 Å². The van der Waals surface area contributed by atoms with Gasteiger partial charge in [0.05, 0.1) is 5.52 Å². The summed E-state index contributed by atoms with van der Waals surface area (Å²) >= 11 is 0. The number of nitrogens with zero attached hydrogens (tertiary/aromatic N) is 2. The number of aromatic nitrogens is 3. The van der Waals surface area contributed by atoms with E-state index in [4.69, 9.17) is 0 Å². The van der Waals surface area contributed by atoms with Gasteiger partial charge in [-0.3, -0.25) is 9.89 Å². The highest BCUT2D eigenvalue weighted by atomic mass is 16.3. The van der Waals surface area contributed by atoms with Crippen molar-refractivity contribution in [2.75, 3.05) is 0 Å². The molecule has 7 nitrogen and oxygen atoms in total. The van der Waals surface area contributed by atoms with E-state index in [1.807, 2.05) is 36.4 Å². The Balaban J connectivity index is 1.97. The molecule has 7 heteroatoms. The molecule has 0 unspecified atom stereocenters. The monoisotopic (exact) mass is 512 g/mol. The third kappa shape index (κ3) is 5.42. The average molecular weight is 513 g/mol. The number of fused-ring (bicyclic) bond motifs is 1. The number of rotatable bonds is 10. The minimum absolute atomic E-state index is 0.0484. The maximum absolute atomic E-state index is 12.3. The lowest BCUT2D eigenvalue weighted by molar-refractivity contribution is -0.117. The topological polar surface area (TPSA) is 111 Å². The molecule has 1 heterocycles. The number of hydrogen-bond donors (Lipinski definition) is 4. The Morgan fingerprint density at radius 3 is 2.53 bits per heavy atom. The molecule has 0 aliphatic carbocycles. The smallest absolute Gasteiger partial charge is 0.246 e. The molecule has 1 aromatic heterocycles. The number of hydrogen-bond acceptors (Lipinski definition) is 5. The number of H-pyrrole nitrogens is 1. The lowest BCUT2D eigenvalue weighted by atomic mass is 9.77. The maximum atomic E-state index is 12.3. The summed E-state index contributed by atoms with van der Waals surface area (Å²) in [6.07, 6.45) is 4.34. The minimum Gasteiger partial charge on any atom is -0.507 e. The molecule has 0 saturated heterocycles. The van der Waals surface area contributed by atoms with Gasteiger partial charge < -0.3 is 15.5 Å². The quantitative estimate of drug-likeness (QED) is 0.139. The SMILES string of the molecule is C=C(C)C(=O)NCc1cc(C(C)(C)CCCCC)cc(-c2c(-c3ccccc3O)ccc3[nH]nnc23)c1O. The Hall–Kier alpha value is -4.13. The number of phenols is 2. The summed E-state index contributed by atoms with van der Waals surface area (Å²) in [7, 11) is 0. The van der Waals surface area contributed by atoms with E-state index in [-0.39, 0.29) is 29.4 Å². The van der Waals surface area contributed by atoms with Crippen LogP contribution in [-0.4, -0.2) is 31.5 Å². The molecule has 1 amide bonds. The standard InChI is InChI=1S/C31H36N4O3/c1-6-7-10-15-31(4,5)21-16-20(18-32-30(38)19(2)3)29(37)24(17-21)27-23(22-11-8-9-12-26(22)36)13-14-25-28(27)34-35-33-25/h8-9,11-14,16-17,36-37H,2,6-7,10,15,18H2,1,3-5H3,(H,32,38)(H,33,34,35). The zero-order chi connectivity index (χ0) is 27.4. The molecule has 0 fully saturated rings. The number of aromatic hydroxyl groups is 2. The van der Waals surface area contributed by atoms with E-state index in [0.717, 1.165) is 36.8 Å². The van der Waals surface area contributed by atoms with Crippen LogP contribution in [0.2, 0.25) is 0 Å². The molecule has 0 saturated carbocycles. The first-order chi connectivity index (χ1) is 18.1. The van der Waals surface area contributed by atoms with Crippen molar-refractivity contribution in [3.63, 3.8) is 0 Å². The zero-order valence-corrected chi connectivity index (χ0v) is 22.6. The van der Waals surface area contributed by atoms with E-state index in [0.29, 0.717) is 38.9 Å². The molecule has 0 bridgehead atoms. The normalized spacial score (nSPS) is 11.6. The number of para-hydroxylation sites is 1. The lowest BCUT2D eigenvalue weighted by Crippen LogP contribution is -2.24. The summed E-state index contributed by atoms with van der Waals surface area (Å²) in [5.41, 5.74) is 5.73. The van der Waals surface area contributed by atoms with Gasteiger partial charge in [-0.25, -0.2) is 0 Å². The van der Waals surface area contributed by atoms with E-state index in [1.54, 1.807) is 19.1 Å². The van der Waals surface area contributed by atoms with Gasteiger partial charge in [0, 0.05) is 34.4 Å². The molecule has 0 radical (unpaired) electrons. The fourth-order valence-electron chi connectivity index (χ4n) is 4.81. The summed E-state index contributed by atoms with van der Waals surface area (Å²) < 4.78 is 0. The van der Waals surface area contributed by atoms with Gasteiger partial charge in [0.2, 0.25) is 5.91 Å². The third-order valence-electron chi connectivity index (χ3n) is 7.16. The predicted octanol–water partition coefficient (Wildman–Crippen LogP) is 6.75. The van der Waals surface area contributed by atoms with E-state index < -0.39 is 0 Å². The van der Waals surface area contributed by atoms with Crippen molar-refractivity contribution in [2.24, 2.45) is 0 Å². The van der Waals surface area contributed by atoms with E-state index in [9.17, 15) is 15.0 Å². The maximum Gasteiger partial charge on any atom is 0.246 e. The Morgan fingerprint density at radius 1 is 1.05 bits per heavy atom. The number of unbranched alkanes of at least 4 members (excludes halogenated alkanes) is 2. The van der Waals surface area contributed by atoms with Crippen LogP contribution in [0.25, 0.3) is 33.3 Å². The van der Waals surface area contributed by atoms with E-state index in [1.165, 1.54) is 0 Å². The second-order valence-corrected chi connectivity index (χ2v) is 10.5. The Morgan fingerprint density at radius 2 is 1.82 bits per heavy atom. The Bertz CT molecular complexity index is 1490. The average Bonchev–Trinajstić information content (AvgIpc) is 3.37. The molecule has 4 rings (SSSR count). The van der Waals surface area contributed by atoms with Crippen LogP contribution >= 0.6 is 0 Å². The molecule has 0 aliphatic heterocycles. The van der Waals surface area contributed by atoms with Crippen LogP contribution in [0, 0.1) is 0 Å². The molecule has 3 aromatic carbocycles. The lowest BCUT2D eigenvalue weighted by Gasteiger charge is -2.28. The second kappa shape index (κ2) is 11.1. The summed E-state index contributed by atoms with van der Waals surface area (Å²) in [5, 5.41) is 36.5. The number of aromatic amines is 1. The molecular weight excluding hydrogens is 476 g/mol. The first-order valence-corrected chi connectivity index (χ1v) is 13.1. The fourth-order valence-corrected chi connectivity index (χ4v) is 4.81. The van der Waals surface area contributed by atoms with Crippen LogP contribution in [0.5, 0.6) is 11.5 Å². The van der Waals surface area contributed by atoms with Crippen molar-refractivity contribution in [1.82, 2.24) is 20.7 Å². The fraction of sp³-hybridized carbons (Fsp3) is 0.323. The summed E-state index contributed by atoms with van der Waals surface area (Å²) in [4.78, 5) is 12.3. The van der Waals surface area contributed by atoms with Crippen LogP contribution in [-0.2, 0) is 16.8 Å². The molecule has 0 spiro atoms. The number of phenolic OH excluding ortho intramolecular Hbond substituents is 2. The molecule has 4 N–H and O–H groups in total. The minimum atomic E-state index is -0.271. The highest BCUT2D eigenvalue weighted by Gasteiger charge is 2.26. The van der Waals surface area contributed by atoms with Gasteiger partial charge in [-0.1, -0.05) is 76.1 Å². The van der Waals surface area contributed by atoms with E-state index in [2.05, 4.69) is 48.1 Å². The van der Waals surface area contributed by atoms with Crippen LogP contribution in [0.3, 0.4) is 0 Å². The summed E-state index contributed by atoms with van der Waals surface area (Å²) in [6, 6.07) is 14.9. The Labute approximate surface area is 223 Å². The molecular formula is C31H36N4O3. The van der Waals surface area contributed by atoms with Gasteiger partial charge >= 0.3 is 0 Å². The highest BCUT2D eigenvalue weighted by Crippen LogP contribution is 2.46. The number of carbonyl (C=O) groups excluding carboxylic acids is 1. The van der Waals surface area contributed by atoms with Crippen molar-refractivity contribution >= 4 is 16.9 Å². The predicted molar refractivity (Wildman–Crippen MR) is 152 cm³/mol. The van der Waals surface area contributed by atoms with Gasteiger partial charge in [-0.2, -0.15) is 0 Å². The summed E-state index contributed by atoms with van der Waals surface area (Å²) in [5.74, 6) is -0.0968. The second-order valence-electron chi connectivity index (χ2n) is 10.5. The van der Waals surface area contributed by atoms with Crippen LogP contribution in [0.15, 0.2) is 60.7 Å². The van der Waals surface area contributed by atoms with Crippen molar-refractivity contribution in [1.29, 1.82) is 0 Å².